The van der Waals surface area contributed by atoms with Crippen LogP contribution in [0.1, 0.15) is 31.8 Å². The fourth-order valence-corrected chi connectivity index (χ4v) is 2.90. The summed E-state index contributed by atoms with van der Waals surface area (Å²) >= 11 is 0. The van der Waals surface area contributed by atoms with Gasteiger partial charge in [0.1, 0.15) is 0 Å². The van der Waals surface area contributed by atoms with Crippen molar-refractivity contribution in [1.82, 2.24) is 0 Å². The lowest BCUT2D eigenvalue weighted by atomic mass is 10.0. The molecule has 0 amide bonds. The molecule has 0 aliphatic rings. The van der Waals surface area contributed by atoms with Crippen LogP contribution in [0, 0.1) is 13.8 Å². The van der Waals surface area contributed by atoms with E-state index in [1.54, 1.807) is 18.2 Å². The van der Waals surface area contributed by atoms with Gasteiger partial charge in [0.05, 0.1) is 22.5 Å². The molecule has 6 nitrogen and oxygen atoms in total. The van der Waals surface area contributed by atoms with Gasteiger partial charge in [-0.15, -0.1) is 5.11 Å². The van der Waals surface area contributed by atoms with Gasteiger partial charge in [0.15, 0.2) is 0 Å². The van der Waals surface area contributed by atoms with Crippen LogP contribution in [0.4, 0.5) is 11.4 Å². The third-order valence-corrected chi connectivity index (χ3v) is 4.17. The van der Waals surface area contributed by atoms with Gasteiger partial charge >= 0.3 is 11.9 Å². The van der Waals surface area contributed by atoms with Crippen LogP contribution < -0.4 is 0 Å². The van der Waals surface area contributed by atoms with Crippen molar-refractivity contribution in [3.63, 3.8) is 0 Å². The molecule has 0 bridgehead atoms. The van der Waals surface area contributed by atoms with Crippen molar-refractivity contribution in [2.45, 2.75) is 13.8 Å². The number of carboxylic acid groups (broad SMARTS) is 2. The second kappa shape index (κ2) is 7.84. The molecular weight excluding hydrogens is 356 g/mol. The van der Waals surface area contributed by atoms with Crippen LogP contribution in [-0.4, -0.2) is 22.2 Å². The van der Waals surface area contributed by atoms with E-state index in [9.17, 15) is 14.7 Å². The minimum absolute atomic E-state index is 0.0975. The number of carbonyl (C=O) groups is 2. The summed E-state index contributed by atoms with van der Waals surface area (Å²) in [7, 11) is 0. The first-order valence-corrected chi connectivity index (χ1v) is 8.54. The van der Waals surface area contributed by atoms with Gasteiger partial charge in [-0.05, 0) is 66.9 Å². The van der Waals surface area contributed by atoms with E-state index in [1.165, 1.54) is 24.3 Å². The van der Waals surface area contributed by atoms with E-state index in [-0.39, 0.29) is 11.1 Å². The fourth-order valence-electron chi connectivity index (χ4n) is 2.90. The second-order valence-electron chi connectivity index (χ2n) is 6.47. The smallest absolute Gasteiger partial charge is 0.335 e. The Morgan fingerprint density at radius 1 is 0.714 bits per heavy atom. The predicted molar refractivity (Wildman–Crippen MR) is 106 cm³/mol. The Bertz CT molecular complexity index is 1070. The van der Waals surface area contributed by atoms with E-state index in [0.29, 0.717) is 16.9 Å². The van der Waals surface area contributed by atoms with Gasteiger partial charge in [-0.3, -0.25) is 0 Å². The average Bonchev–Trinajstić information content (AvgIpc) is 2.65. The Balaban J connectivity index is 2.06. The van der Waals surface area contributed by atoms with Crippen molar-refractivity contribution in [1.29, 1.82) is 0 Å². The molecule has 0 heterocycles. The first kappa shape index (κ1) is 19.0. The summed E-state index contributed by atoms with van der Waals surface area (Å²) in [6.07, 6.45) is 0. The highest BCUT2D eigenvalue weighted by molar-refractivity contribution is 5.92. The van der Waals surface area contributed by atoms with E-state index in [2.05, 4.69) is 10.2 Å². The van der Waals surface area contributed by atoms with Gasteiger partial charge in [-0.25, -0.2) is 9.59 Å². The Labute approximate surface area is 161 Å². The predicted octanol–water partition coefficient (Wildman–Crippen LogP) is 5.78. The summed E-state index contributed by atoms with van der Waals surface area (Å²) in [5, 5.41) is 26.9. The zero-order valence-corrected chi connectivity index (χ0v) is 15.4. The zero-order valence-electron chi connectivity index (χ0n) is 15.4. The van der Waals surface area contributed by atoms with Crippen LogP contribution >= 0.6 is 0 Å². The van der Waals surface area contributed by atoms with Gasteiger partial charge in [-0.2, -0.15) is 5.11 Å². The standard InChI is InChI=1S/C22H18N2O4/c1-13-9-14(2)11-18(10-13)23-24-20-12-17(22(27)28)7-8-19(20)15-3-5-16(6-4-15)21(25)26/h3-12H,1-2H3,(H,25,26)(H,27,28). The van der Waals surface area contributed by atoms with Gasteiger partial charge in [0.25, 0.3) is 0 Å². The highest BCUT2D eigenvalue weighted by Gasteiger charge is 2.11. The molecule has 140 valence electrons. The molecule has 3 rings (SSSR count). The first-order chi connectivity index (χ1) is 13.3. The summed E-state index contributed by atoms with van der Waals surface area (Å²) in [6.45, 7) is 3.93. The monoisotopic (exact) mass is 374 g/mol. The van der Waals surface area contributed by atoms with Gasteiger partial charge in [0, 0.05) is 5.56 Å². The maximum absolute atomic E-state index is 11.3. The molecule has 2 N–H and O–H groups in total. The van der Waals surface area contributed by atoms with Crippen molar-refractivity contribution >= 4 is 23.3 Å². The molecule has 3 aromatic rings. The number of nitrogens with zero attached hydrogens (tertiary/aromatic N) is 2. The highest BCUT2D eigenvalue weighted by atomic mass is 16.4. The van der Waals surface area contributed by atoms with E-state index in [0.717, 1.165) is 16.7 Å². The molecule has 3 aromatic carbocycles. The van der Waals surface area contributed by atoms with E-state index < -0.39 is 11.9 Å². The van der Waals surface area contributed by atoms with Crippen molar-refractivity contribution in [3.05, 3.63) is 82.9 Å². The van der Waals surface area contributed by atoms with Crippen LogP contribution in [0.3, 0.4) is 0 Å². The van der Waals surface area contributed by atoms with Gasteiger partial charge in [-0.1, -0.05) is 24.3 Å². The van der Waals surface area contributed by atoms with Crippen LogP contribution in [-0.2, 0) is 0 Å². The summed E-state index contributed by atoms with van der Waals surface area (Å²) in [6, 6.07) is 16.7. The van der Waals surface area contributed by atoms with Crippen molar-refractivity contribution in [3.8, 4) is 11.1 Å². The number of benzene rings is 3. The number of azo groups is 1. The van der Waals surface area contributed by atoms with Crippen LogP contribution in [0.2, 0.25) is 0 Å². The van der Waals surface area contributed by atoms with Crippen LogP contribution in [0.5, 0.6) is 0 Å². The molecular formula is C22H18N2O4. The number of aromatic carboxylic acids is 2. The highest BCUT2D eigenvalue weighted by Crippen LogP contribution is 2.33. The fraction of sp³-hybridized carbons (Fsp3) is 0.0909. The summed E-state index contributed by atoms with van der Waals surface area (Å²) in [4.78, 5) is 22.4. The summed E-state index contributed by atoms with van der Waals surface area (Å²) in [5.74, 6) is -2.07. The molecule has 0 saturated carbocycles. The molecule has 0 aliphatic carbocycles. The summed E-state index contributed by atoms with van der Waals surface area (Å²) < 4.78 is 0. The Hall–Kier alpha value is -3.80. The molecule has 0 fully saturated rings. The molecule has 0 aromatic heterocycles. The van der Waals surface area contributed by atoms with Crippen LogP contribution in [0.15, 0.2) is 70.9 Å². The van der Waals surface area contributed by atoms with Crippen molar-refractivity contribution in [2.24, 2.45) is 10.2 Å². The maximum atomic E-state index is 11.3. The molecule has 0 aliphatic heterocycles. The quantitative estimate of drug-likeness (QED) is 0.553. The second-order valence-corrected chi connectivity index (χ2v) is 6.47. The number of hydrogen-bond donors (Lipinski definition) is 2. The summed E-state index contributed by atoms with van der Waals surface area (Å²) in [5.41, 5.74) is 4.82. The lowest BCUT2D eigenvalue weighted by Crippen LogP contribution is -1.96. The number of aryl methyl sites for hydroxylation is 2. The molecule has 28 heavy (non-hydrogen) atoms. The SMILES string of the molecule is Cc1cc(C)cc(N=Nc2cc(C(=O)O)ccc2-c2ccc(C(=O)O)cc2)c1. The Morgan fingerprint density at radius 2 is 1.29 bits per heavy atom. The lowest BCUT2D eigenvalue weighted by Gasteiger charge is -2.07. The molecule has 0 spiro atoms. The molecule has 0 radical (unpaired) electrons. The van der Waals surface area contributed by atoms with Crippen molar-refractivity contribution < 1.29 is 19.8 Å². The topological polar surface area (TPSA) is 99.3 Å². The van der Waals surface area contributed by atoms with Gasteiger partial charge in [0.2, 0.25) is 0 Å². The van der Waals surface area contributed by atoms with Crippen molar-refractivity contribution in [2.75, 3.05) is 0 Å². The van der Waals surface area contributed by atoms with Gasteiger partial charge < -0.3 is 10.2 Å². The molecule has 0 saturated heterocycles. The first-order valence-electron chi connectivity index (χ1n) is 8.54. The average molecular weight is 374 g/mol. The largest absolute Gasteiger partial charge is 0.478 e. The molecule has 0 atom stereocenters. The molecule has 6 heteroatoms. The third-order valence-electron chi connectivity index (χ3n) is 4.17. The normalized spacial score (nSPS) is 10.9. The lowest BCUT2D eigenvalue weighted by molar-refractivity contribution is 0.0686. The molecule has 0 unspecified atom stereocenters. The number of hydrogen-bond acceptors (Lipinski definition) is 4. The zero-order chi connectivity index (χ0) is 20.3. The van der Waals surface area contributed by atoms with E-state index >= 15 is 0 Å². The number of carboxylic acids is 2. The van der Waals surface area contributed by atoms with E-state index in [1.807, 2.05) is 32.0 Å². The third kappa shape index (κ3) is 4.29. The Kier molecular flexibility index (Phi) is 5.31. The minimum atomic E-state index is -1.06. The van der Waals surface area contributed by atoms with E-state index in [4.69, 9.17) is 5.11 Å². The maximum Gasteiger partial charge on any atom is 0.335 e. The number of rotatable bonds is 5. The van der Waals surface area contributed by atoms with Crippen LogP contribution in [0.25, 0.3) is 11.1 Å². The Morgan fingerprint density at radius 3 is 1.86 bits per heavy atom. The minimum Gasteiger partial charge on any atom is -0.478 e.